The molecule has 0 aromatic heterocycles. The summed E-state index contributed by atoms with van der Waals surface area (Å²) in [6, 6.07) is 5.84. The van der Waals surface area contributed by atoms with Gasteiger partial charge in [0.05, 0.1) is 11.2 Å². The standard InChI is InChI=1S/C19H29BN2O4/c1-12-9-10-14(16-21-22(13(2)23)19(7,8)25-16)11-15(12)20-26-18(5,6)17(3,4)24/h9-11,20,24H,1-8H3. The van der Waals surface area contributed by atoms with Crippen LogP contribution in [0.4, 0.5) is 0 Å². The second-order valence-electron chi connectivity index (χ2n) is 8.28. The summed E-state index contributed by atoms with van der Waals surface area (Å²) in [6.07, 6.45) is 0. The Morgan fingerprint density at radius 3 is 2.42 bits per heavy atom. The number of hydrogen-bond acceptors (Lipinski definition) is 5. The molecule has 0 spiro atoms. The number of hydrogen-bond donors (Lipinski definition) is 1. The lowest BCUT2D eigenvalue weighted by molar-refractivity contribution is -0.142. The van der Waals surface area contributed by atoms with Crippen LogP contribution in [0.25, 0.3) is 0 Å². The minimum Gasteiger partial charge on any atom is -0.448 e. The van der Waals surface area contributed by atoms with Crippen LogP contribution in [-0.4, -0.2) is 46.3 Å². The van der Waals surface area contributed by atoms with Gasteiger partial charge in [-0.2, -0.15) is 5.01 Å². The highest BCUT2D eigenvalue weighted by atomic mass is 16.6. The Morgan fingerprint density at radius 1 is 1.31 bits per heavy atom. The van der Waals surface area contributed by atoms with Crippen molar-refractivity contribution in [2.75, 3.05) is 0 Å². The second kappa shape index (κ2) is 6.70. The number of benzene rings is 1. The number of amides is 1. The molecule has 6 nitrogen and oxygen atoms in total. The summed E-state index contributed by atoms with van der Waals surface area (Å²) in [5.41, 5.74) is 0.345. The summed E-state index contributed by atoms with van der Waals surface area (Å²) >= 11 is 0. The molecule has 0 saturated heterocycles. The molecule has 142 valence electrons. The summed E-state index contributed by atoms with van der Waals surface area (Å²) in [5, 5.41) is 15.9. The highest BCUT2D eigenvalue weighted by Gasteiger charge is 2.39. The molecular weight excluding hydrogens is 331 g/mol. The summed E-state index contributed by atoms with van der Waals surface area (Å²) in [6.45, 7) is 14.3. The third kappa shape index (κ3) is 4.10. The largest absolute Gasteiger partial charge is 0.448 e. The molecule has 1 amide bonds. The maximum atomic E-state index is 11.8. The van der Waals surface area contributed by atoms with Crippen LogP contribution in [0, 0.1) is 6.92 Å². The third-order valence-electron chi connectivity index (χ3n) is 5.00. The molecule has 1 aliphatic rings. The number of aliphatic hydroxyl groups is 1. The van der Waals surface area contributed by atoms with Gasteiger partial charge in [0.2, 0.25) is 17.5 Å². The van der Waals surface area contributed by atoms with E-state index in [1.807, 2.05) is 39.0 Å². The Bertz CT molecular complexity index is 736. The molecule has 1 aliphatic heterocycles. The first-order chi connectivity index (χ1) is 11.7. The van der Waals surface area contributed by atoms with Crippen molar-refractivity contribution in [3.05, 3.63) is 29.3 Å². The average molecular weight is 360 g/mol. The molecule has 1 aromatic carbocycles. The van der Waals surface area contributed by atoms with E-state index in [4.69, 9.17) is 9.39 Å². The smallest absolute Gasteiger partial charge is 0.309 e. The monoisotopic (exact) mass is 360 g/mol. The Morgan fingerprint density at radius 2 is 1.92 bits per heavy atom. The van der Waals surface area contributed by atoms with Crippen molar-refractivity contribution in [2.24, 2.45) is 5.10 Å². The van der Waals surface area contributed by atoms with Crippen molar-refractivity contribution in [2.45, 2.75) is 72.3 Å². The van der Waals surface area contributed by atoms with Crippen LogP contribution >= 0.6 is 0 Å². The van der Waals surface area contributed by atoms with Crippen molar-refractivity contribution < 1.29 is 19.3 Å². The molecule has 0 fully saturated rings. The van der Waals surface area contributed by atoms with Crippen LogP contribution in [0.5, 0.6) is 0 Å². The normalized spacial score (nSPS) is 17.0. The van der Waals surface area contributed by atoms with E-state index in [0.717, 1.165) is 16.6 Å². The van der Waals surface area contributed by atoms with Gasteiger partial charge in [-0.1, -0.05) is 17.7 Å². The van der Waals surface area contributed by atoms with Gasteiger partial charge >= 0.3 is 7.48 Å². The first kappa shape index (κ1) is 20.5. The van der Waals surface area contributed by atoms with Crippen molar-refractivity contribution in [3.8, 4) is 0 Å². The van der Waals surface area contributed by atoms with E-state index in [0.29, 0.717) is 13.4 Å². The van der Waals surface area contributed by atoms with E-state index < -0.39 is 16.9 Å². The quantitative estimate of drug-likeness (QED) is 0.813. The molecule has 0 saturated carbocycles. The van der Waals surface area contributed by atoms with E-state index in [-0.39, 0.29) is 5.91 Å². The number of carbonyl (C=O) groups excluding carboxylic acids is 1. The topological polar surface area (TPSA) is 71.4 Å². The molecule has 1 heterocycles. The van der Waals surface area contributed by atoms with Crippen molar-refractivity contribution in [1.29, 1.82) is 0 Å². The Kier molecular flexibility index (Phi) is 5.28. The first-order valence-electron chi connectivity index (χ1n) is 8.79. The van der Waals surface area contributed by atoms with Crippen molar-refractivity contribution in [1.82, 2.24) is 5.01 Å². The summed E-state index contributed by atoms with van der Waals surface area (Å²) in [5.74, 6) is 0.237. The average Bonchev–Trinajstić information content (AvgIpc) is 2.81. The van der Waals surface area contributed by atoms with Crippen LogP contribution in [0.3, 0.4) is 0 Å². The minimum absolute atomic E-state index is 0.174. The summed E-state index contributed by atoms with van der Waals surface area (Å²) < 4.78 is 11.9. The van der Waals surface area contributed by atoms with Gasteiger partial charge in [-0.15, -0.1) is 5.10 Å². The van der Waals surface area contributed by atoms with Crippen LogP contribution < -0.4 is 5.46 Å². The molecule has 1 aromatic rings. The molecule has 0 atom stereocenters. The van der Waals surface area contributed by atoms with Gasteiger partial charge in [-0.05, 0) is 60.0 Å². The zero-order valence-corrected chi connectivity index (χ0v) is 17.0. The summed E-state index contributed by atoms with van der Waals surface area (Å²) in [7, 11) is 0.351. The minimum atomic E-state index is -0.969. The van der Waals surface area contributed by atoms with Gasteiger partial charge in [0.1, 0.15) is 0 Å². The van der Waals surface area contributed by atoms with Gasteiger partial charge in [0, 0.05) is 12.5 Å². The third-order valence-corrected chi connectivity index (χ3v) is 5.00. The van der Waals surface area contributed by atoms with Gasteiger partial charge < -0.3 is 14.5 Å². The Labute approximate surface area is 156 Å². The fraction of sp³-hybridized carbons (Fsp3) is 0.579. The molecule has 26 heavy (non-hydrogen) atoms. The lowest BCUT2D eigenvalue weighted by atomic mass is 9.80. The van der Waals surface area contributed by atoms with Crippen LogP contribution in [0.1, 0.15) is 59.6 Å². The molecule has 0 bridgehead atoms. The van der Waals surface area contributed by atoms with Crippen molar-refractivity contribution in [3.63, 3.8) is 0 Å². The van der Waals surface area contributed by atoms with Crippen LogP contribution in [0.2, 0.25) is 0 Å². The number of hydrazone groups is 1. The highest BCUT2D eigenvalue weighted by molar-refractivity contribution is 6.48. The fourth-order valence-corrected chi connectivity index (χ4v) is 2.47. The Balaban J connectivity index is 2.26. The van der Waals surface area contributed by atoms with E-state index in [2.05, 4.69) is 5.10 Å². The predicted octanol–water partition coefficient (Wildman–Crippen LogP) is 1.81. The van der Waals surface area contributed by atoms with E-state index in [1.165, 1.54) is 11.9 Å². The second-order valence-corrected chi connectivity index (χ2v) is 8.28. The summed E-state index contributed by atoms with van der Waals surface area (Å²) in [4.78, 5) is 11.8. The maximum absolute atomic E-state index is 11.8. The zero-order chi connectivity index (χ0) is 19.9. The molecule has 1 N–H and O–H groups in total. The lowest BCUT2D eigenvalue weighted by Gasteiger charge is -2.37. The van der Waals surface area contributed by atoms with Crippen molar-refractivity contribution >= 4 is 24.8 Å². The SMILES string of the molecule is CC(=O)N1N=C(c2ccc(C)c(BOC(C)(C)C(C)(C)O)c2)OC1(C)C. The number of carbonyl (C=O) groups is 1. The fourth-order valence-electron chi connectivity index (χ4n) is 2.47. The number of ether oxygens (including phenoxy) is 1. The van der Waals surface area contributed by atoms with E-state index in [9.17, 15) is 9.90 Å². The number of nitrogens with zero attached hydrogens (tertiary/aromatic N) is 2. The zero-order valence-electron chi connectivity index (χ0n) is 17.0. The molecule has 2 rings (SSSR count). The number of rotatable bonds is 5. The van der Waals surface area contributed by atoms with Gasteiger partial charge in [-0.25, -0.2) is 0 Å². The first-order valence-corrected chi connectivity index (χ1v) is 8.79. The lowest BCUT2D eigenvalue weighted by Crippen LogP contribution is -2.49. The van der Waals surface area contributed by atoms with E-state index in [1.54, 1.807) is 27.7 Å². The van der Waals surface area contributed by atoms with Crippen LogP contribution in [-0.2, 0) is 14.2 Å². The molecule has 7 heteroatoms. The van der Waals surface area contributed by atoms with E-state index >= 15 is 0 Å². The van der Waals surface area contributed by atoms with Gasteiger partial charge in [0.25, 0.3) is 0 Å². The molecule has 0 radical (unpaired) electrons. The van der Waals surface area contributed by atoms with Gasteiger partial charge in [-0.3, -0.25) is 4.79 Å². The maximum Gasteiger partial charge on any atom is 0.309 e. The number of aryl methyl sites for hydroxylation is 1. The Hall–Kier alpha value is -1.86. The highest BCUT2D eigenvalue weighted by Crippen LogP contribution is 2.27. The predicted molar refractivity (Wildman–Crippen MR) is 104 cm³/mol. The molecular formula is C19H29BN2O4. The van der Waals surface area contributed by atoms with Gasteiger partial charge in [0.15, 0.2) is 0 Å². The van der Waals surface area contributed by atoms with Crippen LogP contribution in [0.15, 0.2) is 23.3 Å². The molecule has 0 unspecified atom stereocenters. The molecule has 0 aliphatic carbocycles.